The number of halogens is 1. The first-order valence-electron chi connectivity index (χ1n) is 5.33. The van der Waals surface area contributed by atoms with E-state index in [2.05, 4.69) is 5.32 Å². The van der Waals surface area contributed by atoms with Crippen molar-refractivity contribution in [2.45, 2.75) is 13.1 Å². The fourth-order valence-corrected chi connectivity index (χ4v) is 2.41. The highest BCUT2D eigenvalue weighted by molar-refractivity contribution is 7.09. The van der Waals surface area contributed by atoms with Gasteiger partial charge in [-0.2, -0.15) is 0 Å². The van der Waals surface area contributed by atoms with Crippen molar-refractivity contribution in [1.82, 2.24) is 5.32 Å². The highest BCUT2D eigenvalue weighted by atomic mass is 35.5. The van der Waals surface area contributed by atoms with Gasteiger partial charge in [0.15, 0.2) is 0 Å². The summed E-state index contributed by atoms with van der Waals surface area (Å²) in [6, 6.07) is 8.89. The minimum absolute atomic E-state index is 0.0490. The lowest BCUT2D eigenvalue weighted by Crippen LogP contribution is -2.11. The Hall–Kier alpha value is -1.43. The Morgan fingerprint density at radius 2 is 2.17 bits per heavy atom. The molecule has 0 bridgehead atoms. The standard InChI is InChI=1S/C12H11ClN2O2S/c13-11-4-3-9(6-12(11)15(16)17)7-14-8-10-2-1-5-18-10/h1-6,14H,7-8H2. The van der Waals surface area contributed by atoms with E-state index < -0.39 is 4.92 Å². The molecule has 2 rings (SSSR count). The molecule has 1 N–H and O–H groups in total. The molecule has 0 aliphatic rings. The first-order valence-corrected chi connectivity index (χ1v) is 6.58. The summed E-state index contributed by atoms with van der Waals surface area (Å²) in [7, 11) is 0. The molecule has 18 heavy (non-hydrogen) atoms. The lowest BCUT2D eigenvalue weighted by atomic mass is 10.2. The lowest BCUT2D eigenvalue weighted by molar-refractivity contribution is -0.384. The van der Waals surface area contributed by atoms with Gasteiger partial charge in [0.1, 0.15) is 5.02 Å². The quantitative estimate of drug-likeness (QED) is 0.673. The van der Waals surface area contributed by atoms with Crippen LogP contribution < -0.4 is 5.32 Å². The Labute approximate surface area is 113 Å². The van der Waals surface area contributed by atoms with Crippen LogP contribution >= 0.6 is 22.9 Å². The average Bonchev–Trinajstić information content (AvgIpc) is 2.84. The first kappa shape index (κ1) is 13.0. The van der Waals surface area contributed by atoms with E-state index in [4.69, 9.17) is 11.6 Å². The van der Waals surface area contributed by atoms with Gasteiger partial charge in [-0.15, -0.1) is 11.3 Å². The molecule has 0 saturated carbocycles. The number of nitrogens with zero attached hydrogens (tertiary/aromatic N) is 1. The van der Waals surface area contributed by atoms with E-state index in [9.17, 15) is 10.1 Å². The third kappa shape index (κ3) is 3.29. The summed E-state index contributed by atoms with van der Waals surface area (Å²) < 4.78 is 0. The topological polar surface area (TPSA) is 55.2 Å². The molecule has 0 unspecified atom stereocenters. The highest BCUT2D eigenvalue weighted by Crippen LogP contribution is 2.25. The van der Waals surface area contributed by atoms with Gasteiger partial charge in [-0.05, 0) is 23.1 Å². The van der Waals surface area contributed by atoms with Crippen LogP contribution in [0.1, 0.15) is 10.4 Å². The van der Waals surface area contributed by atoms with Gasteiger partial charge in [-0.25, -0.2) is 0 Å². The number of nitro benzene ring substituents is 1. The maximum absolute atomic E-state index is 10.7. The van der Waals surface area contributed by atoms with Gasteiger partial charge in [0.25, 0.3) is 5.69 Å². The van der Waals surface area contributed by atoms with E-state index in [1.54, 1.807) is 23.5 Å². The van der Waals surface area contributed by atoms with Gasteiger partial charge in [0.2, 0.25) is 0 Å². The van der Waals surface area contributed by atoms with Crippen LogP contribution in [-0.2, 0) is 13.1 Å². The summed E-state index contributed by atoms with van der Waals surface area (Å²) in [5.74, 6) is 0. The number of rotatable bonds is 5. The first-order chi connectivity index (χ1) is 8.66. The summed E-state index contributed by atoms with van der Waals surface area (Å²) in [5, 5.41) is 16.2. The van der Waals surface area contributed by atoms with E-state index in [1.807, 2.05) is 17.5 Å². The van der Waals surface area contributed by atoms with Gasteiger partial charge in [-0.1, -0.05) is 23.7 Å². The predicted molar refractivity (Wildman–Crippen MR) is 73.0 cm³/mol. The van der Waals surface area contributed by atoms with E-state index in [-0.39, 0.29) is 10.7 Å². The fraction of sp³-hybridized carbons (Fsp3) is 0.167. The maximum atomic E-state index is 10.7. The van der Waals surface area contributed by atoms with Crippen molar-refractivity contribution >= 4 is 28.6 Å². The average molecular weight is 283 g/mol. The molecule has 6 heteroatoms. The Morgan fingerprint density at radius 3 is 2.83 bits per heavy atom. The van der Waals surface area contributed by atoms with Crippen LogP contribution in [0.2, 0.25) is 5.02 Å². The van der Waals surface area contributed by atoms with E-state index in [0.717, 1.165) is 12.1 Å². The molecular weight excluding hydrogens is 272 g/mol. The van der Waals surface area contributed by atoms with Crippen molar-refractivity contribution in [1.29, 1.82) is 0 Å². The molecule has 0 saturated heterocycles. The van der Waals surface area contributed by atoms with Gasteiger partial charge >= 0.3 is 0 Å². The smallest absolute Gasteiger partial charge is 0.288 e. The molecule has 1 aromatic heterocycles. The molecule has 0 aliphatic heterocycles. The second-order valence-corrected chi connectivity index (χ2v) is 5.17. The minimum atomic E-state index is -0.467. The van der Waals surface area contributed by atoms with E-state index >= 15 is 0 Å². The van der Waals surface area contributed by atoms with Crippen LogP contribution in [-0.4, -0.2) is 4.92 Å². The van der Waals surface area contributed by atoms with Crippen molar-refractivity contribution < 1.29 is 4.92 Å². The van der Waals surface area contributed by atoms with E-state index in [0.29, 0.717) is 6.54 Å². The van der Waals surface area contributed by atoms with Crippen LogP contribution in [0.15, 0.2) is 35.7 Å². The van der Waals surface area contributed by atoms with Gasteiger partial charge in [0, 0.05) is 24.0 Å². The van der Waals surface area contributed by atoms with Gasteiger partial charge in [0.05, 0.1) is 4.92 Å². The lowest BCUT2D eigenvalue weighted by Gasteiger charge is -2.04. The summed E-state index contributed by atoms with van der Waals surface area (Å²) >= 11 is 7.42. The van der Waals surface area contributed by atoms with Crippen molar-refractivity contribution in [3.05, 3.63) is 61.3 Å². The molecular formula is C12H11ClN2O2S. The zero-order valence-electron chi connectivity index (χ0n) is 9.43. The summed E-state index contributed by atoms with van der Waals surface area (Å²) in [4.78, 5) is 11.5. The number of hydrogen-bond donors (Lipinski definition) is 1. The third-order valence-corrected chi connectivity index (χ3v) is 3.61. The normalized spacial score (nSPS) is 10.5. The molecule has 0 spiro atoms. The maximum Gasteiger partial charge on any atom is 0.288 e. The zero-order valence-corrected chi connectivity index (χ0v) is 11.0. The second kappa shape index (κ2) is 5.95. The number of thiophene rings is 1. The van der Waals surface area contributed by atoms with Crippen LogP contribution in [0.4, 0.5) is 5.69 Å². The molecule has 0 radical (unpaired) electrons. The Kier molecular flexibility index (Phi) is 4.30. The molecule has 94 valence electrons. The zero-order chi connectivity index (χ0) is 13.0. The van der Waals surface area contributed by atoms with Crippen LogP contribution in [0.3, 0.4) is 0 Å². The largest absolute Gasteiger partial charge is 0.308 e. The molecule has 2 aromatic rings. The molecule has 0 fully saturated rings. The predicted octanol–water partition coefficient (Wildman–Crippen LogP) is 3.60. The van der Waals surface area contributed by atoms with Crippen molar-refractivity contribution in [3.8, 4) is 0 Å². The molecule has 0 amide bonds. The molecule has 4 nitrogen and oxygen atoms in total. The number of benzene rings is 1. The van der Waals surface area contributed by atoms with Crippen LogP contribution in [0.5, 0.6) is 0 Å². The summed E-state index contributed by atoms with van der Waals surface area (Å²) in [6.45, 7) is 1.34. The number of hydrogen-bond acceptors (Lipinski definition) is 4. The Morgan fingerprint density at radius 1 is 1.33 bits per heavy atom. The molecule has 1 heterocycles. The van der Waals surface area contributed by atoms with Gasteiger partial charge in [-0.3, -0.25) is 10.1 Å². The number of nitrogens with one attached hydrogen (secondary N) is 1. The van der Waals surface area contributed by atoms with Crippen molar-refractivity contribution in [3.63, 3.8) is 0 Å². The highest BCUT2D eigenvalue weighted by Gasteiger charge is 2.12. The Balaban J connectivity index is 1.97. The SMILES string of the molecule is O=[N+]([O-])c1cc(CNCc2cccs2)ccc1Cl. The van der Waals surface area contributed by atoms with E-state index in [1.165, 1.54) is 10.9 Å². The summed E-state index contributed by atoms with van der Waals surface area (Å²) in [6.07, 6.45) is 0. The van der Waals surface area contributed by atoms with Crippen LogP contribution in [0.25, 0.3) is 0 Å². The monoisotopic (exact) mass is 282 g/mol. The number of nitro groups is 1. The minimum Gasteiger partial charge on any atom is -0.308 e. The second-order valence-electron chi connectivity index (χ2n) is 3.73. The molecule has 1 aromatic carbocycles. The molecule has 0 atom stereocenters. The van der Waals surface area contributed by atoms with Crippen LogP contribution in [0, 0.1) is 10.1 Å². The van der Waals surface area contributed by atoms with Crippen molar-refractivity contribution in [2.24, 2.45) is 0 Å². The van der Waals surface area contributed by atoms with Crippen molar-refractivity contribution in [2.75, 3.05) is 0 Å². The fourth-order valence-electron chi connectivity index (χ4n) is 1.55. The summed E-state index contributed by atoms with van der Waals surface area (Å²) in [5.41, 5.74) is 0.801. The molecule has 0 aliphatic carbocycles. The van der Waals surface area contributed by atoms with Gasteiger partial charge < -0.3 is 5.32 Å². The third-order valence-electron chi connectivity index (χ3n) is 2.42. The Bertz CT molecular complexity index is 543.